The van der Waals surface area contributed by atoms with E-state index in [2.05, 4.69) is 0 Å². The van der Waals surface area contributed by atoms with Crippen molar-refractivity contribution in [3.05, 3.63) is 33.9 Å². The zero-order valence-corrected chi connectivity index (χ0v) is 9.47. The Bertz CT molecular complexity index is 377. The van der Waals surface area contributed by atoms with Crippen molar-refractivity contribution in [3.8, 4) is 5.75 Å². The predicted octanol–water partition coefficient (Wildman–Crippen LogP) is 1.88. The van der Waals surface area contributed by atoms with Gasteiger partial charge in [-0.15, -0.1) is 0 Å². The second-order valence-electron chi connectivity index (χ2n) is 3.78. The van der Waals surface area contributed by atoms with Crippen LogP contribution in [0.15, 0.2) is 18.2 Å². The van der Waals surface area contributed by atoms with Crippen LogP contribution in [-0.4, -0.2) is 18.1 Å². The predicted molar refractivity (Wildman–Crippen MR) is 61.6 cm³/mol. The van der Waals surface area contributed by atoms with E-state index in [1.54, 1.807) is 12.1 Å². The van der Waals surface area contributed by atoms with E-state index in [0.717, 1.165) is 18.4 Å². The van der Waals surface area contributed by atoms with Crippen molar-refractivity contribution in [2.45, 2.75) is 25.8 Å². The summed E-state index contributed by atoms with van der Waals surface area (Å²) in [7, 11) is 1.43. The molecular formula is C11H16N2O3. The largest absolute Gasteiger partial charge is 0.490 e. The topological polar surface area (TPSA) is 78.4 Å². The first-order chi connectivity index (χ1) is 7.54. The van der Waals surface area contributed by atoms with Crippen LogP contribution in [0.3, 0.4) is 0 Å². The number of nitro benzene ring substituents is 1. The summed E-state index contributed by atoms with van der Waals surface area (Å²) in [6.07, 6.45) is 1.65. The lowest BCUT2D eigenvalue weighted by Gasteiger charge is -2.07. The zero-order valence-electron chi connectivity index (χ0n) is 9.47. The number of nitrogens with zero attached hydrogens (tertiary/aromatic N) is 1. The maximum Gasteiger partial charge on any atom is 0.310 e. The maximum absolute atomic E-state index is 10.7. The molecule has 16 heavy (non-hydrogen) atoms. The Morgan fingerprint density at radius 2 is 2.25 bits per heavy atom. The van der Waals surface area contributed by atoms with E-state index in [-0.39, 0.29) is 11.7 Å². The Morgan fingerprint density at radius 1 is 1.56 bits per heavy atom. The average molecular weight is 224 g/mol. The molecule has 0 spiro atoms. The molecule has 0 amide bonds. The molecule has 0 aromatic heterocycles. The molecule has 0 unspecified atom stereocenters. The monoisotopic (exact) mass is 224 g/mol. The fourth-order valence-electron chi connectivity index (χ4n) is 1.42. The van der Waals surface area contributed by atoms with Gasteiger partial charge in [-0.05, 0) is 31.4 Å². The normalized spacial score (nSPS) is 12.2. The molecule has 1 atom stereocenters. The van der Waals surface area contributed by atoms with Gasteiger partial charge in [0.25, 0.3) is 0 Å². The molecule has 0 heterocycles. The summed E-state index contributed by atoms with van der Waals surface area (Å²) in [5, 5.41) is 10.7. The fourth-order valence-corrected chi connectivity index (χ4v) is 1.42. The standard InChI is InChI=1S/C11H16N2O3/c1-8(12)3-4-9-5-6-10(13(14)15)11(7-9)16-2/h5-8H,3-4,12H2,1-2H3/t8-/m0/s1. The maximum atomic E-state index is 10.7. The van der Waals surface area contributed by atoms with Crippen LogP contribution in [0.2, 0.25) is 0 Å². The molecule has 0 aliphatic carbocycles. The van der Waals surface area contributed by atoms with Gasteiger partial charge in [-0.1, -0.05) is 6.07 Å². The number of rotatable bonds is 5. The molecule has 1 aromatic carbocycles. The summed E-state index contributed by atoms with van der Waals surface area (Å²) in [5.74, 6) is 0.298. The average Bonchev–Trinajstić information content (AvgIpc) is 2.25. The minimum absolute atomic E-state index is 0.00736. The molecule has 0 saturated carbocycles. The molecule has 0 aliphatic heterocycles. The minimum Gasteiger partial charge on any atom is -0.490 e. The lowest BCUT2D eigenvalue weighted by atomic mass is 10.1. The van der Waals surface area contributed by atoms with Crippen LogP contribution in [0.5, 0.6) is 5.75 Å². The molecule has 0 saturated heterocycles. The number of aryl methyl sites for hydroxylation is 1. The minimum atomic E-state index is -0.450. The highest BCUT2D eigenvalue weighted by Gasteiger charge is 2.14. The number of nitrogens with two attached hydrogens (primary N) is 1. The van der Waals surface area contributed by atoms with Crippen LogP contribution >= 0.6 is 0 Å². The quantitative estimate of drug-likeness (QED) is 0.611. The number of methoxy groups -OCH3 is 1. The molecule has 0 fully saturated rings. The van der Waals surface area contributed by atoms with Gasteiger partial charge in [-0.25, -0.2) is 0 Å². The highest BCUT2D eigenvalue weighted by Crippen LogP contribution is 2.27. The first-order valence-corrected chi connectivity index (χ1v) is 5.11. The Kier molecular flexibility index (Phi) is 4.25. The van der Waals surface area contributed by atoms with Crippen molar-refractivity contribution >= 4 is 5.69 Å². The fraction of sp³-hybridized carbons (Fsp3) is 0.455. The van der Waals surface area contributed by atoms with Crippen molar-refractivity contribution in [2.24, 2.45) is 5.73 Å². The van der Waals surface area contributed by atoms with Gasteiger partial charge < -0.3 is 10.5 Å². The molecule has 1 rings (SSSR count). The van der Waals surface area contributed by atoms with E-state index in [0.29, 0.717) is 5.75 Å². The van der Waals surface area contributed by atoms with Crippen molar-refractivity contribution in [1.82, 2.24) is 0 Å². The molecule has 0 radical (unpaired) electrons. The van der Waals surface area contributed by atoms with Crippen LogP contribution in [-0.2, 0) is 6.42 Å². The van der Waals surface area contributed by atoms with Gasteiger partial charge in [0.15, 0.2) is 5.75 Å². The van der Waals surface area contributed by atoms with Crippen LogP contribution in [0.25, 0.3) is 0 Å². The molecule has 1 aromatic rings. The van der Waals surface area contributed by atoms with E-state index < -0.39 is 4.92 Å². The van der Waals surface area contributed by atoms with E-state index in [1.807, 2.05) is 6.92 Å². The lowest BCUT2D eigenvalue weighted by Crippen LogP contribution is -2.15. The summed E-state index contributed by atoms with van der Waals surface area (Å²) >= 11 is 0. The van der Waals surface area contributed by atoms with E-state index in [9.17, 15) is 10.1 Å². The van der Waals surface area contributed by atoms with Crippen molar-refractivity contribution in [2.75, 3.05) is 7.11 Å². The summed E-state index contributed by atoms with van der Waals surface area (Å²) in [4.78, 5) is 10.2. The van der Waals surface area contributed by atoms with Crippen LogP contribution in [0.4, 0.5) is 5.69 Å². The highest BCUT2D eigenvalue weighted by atomic mass is 16.6. The van der Waals surface area contributed by atoms with Gasteiger partial charge in [0.2, 0.25) is 0 Å². The van der Waals surface area contributed by atoms with Gasteiger partial charge >= 0.3 is 5.69 Å². The number of benzene rings is 1. The Balaban J connectivity index is 2.86. The van der Waals surface area contributed by atoms with Crippen LogP contribution in [0, 0.1) is 10.1 Å². The van der Waals surface area contributed by atoms with Gasteiger partial charge in [0.1, 0.15) is 0 Å². The lowest BCUT2D eigenvalue weighted by molar-refractivity contribution is -0.385. The zero-order chi connectivity index (χ0) is 12.1. The van der Waals surface area contributed by atoms with Crippen molar-refractivity contribution in [1.29, 1.82) is 0 Å². The molecule has 5 heteroatoms. The van der Waals surface area contributed by atoms with Crippen LogP contribution < -0.4 is 10.5 Å². The summed E-state index contributed by atoms with van der Waals surface area (Å²) in [6, 6.07) is 5.03. The Hall–Kier alpha value is -1.62. The third-order valence-corrected chi connectivity index (χ3v) is 2.33. The second-order valence-corrected chi connectivity index (χ2v) is 3.78. The summed E-state index contributed by atoms with van der Waals surface area (Å²) in [5.41, 5.74) is 6.64. The Morgan fingerprint density at radius 3 is 2.75 bits per heavy atom. The molecule has 88 valence electrons. The van der Waals surface area contributed by atoms with Gasteiger partial charge in [0.05, 0.1) is 12.0 Å². The van der Waals surface area contributed by atoms with Crippen molar-refractivity contribution < 1.29 is 9.66 Å². The molecular weight excluding hydrogens is 208 g/mol. The molecule has 0 bridgehead atoms. The van der Waals surface area contributed by atoms with Gasteiger partial charge in [0, 0.05) is 12.1 Å². The molecule has 2 N–H and O–H groups in total. The first-order valence-electron chi connectivity index (χ1n) is 5.11. The number of hydrogen-bond acceptors (Lipinski definition) is 4. The first kappa shape index (κ1) is 12.4. The molecule has 5 nitrogen and oxygen atoms in total. The molecule has 0 aliphatic rings. The van der Waals surface area contributed by atoms with Crippen molar-refractivity contribution in [3.63, 3.8) is 0 Å². The van der Waals surface area contributed by atoms with E-state index in [4.69, 9.17) is 10.5 Å². The SMILES string of the molecule is COc1cc(CC[C@H](C)N)ccc1[N+](=O)[O-]. The highest BCUT2D eigenvalue weighted by molar-refractivity contribution is 5.48. The number of hydrogen-bond donors (Lipinski definition) is 1. The third-order valence-electron chi connectivity index (χ3n) is 2.33. The van der Waals surface area contributed by atoms with E-state index >= 15 is 0 Å². The Labute approximate surface area is 94.4 Å². The third kappa shape index (κ3) is 3.20. The van der Waals surface area contributed by atoms with Crippen LogP contribution in [0.1, 0.15) is 18.9 Å². The van der Waals surface area contributed by atoms with Gasteiger partial charge in [-0.3, -0.25) is 10.1 Å². The smallest absolute Gasteiger partial charge is 0.310 e. The summed E-state index contributed by atoms with van der Waals surface area (Å²) in [6.45, 7) is 1.93. The van der Waals surface area contributed by atoms with E-state index in [1.165, 1.54) is 13.2 Å². The number of nitro groups is 1. The summed E-state index contributed by atoms with van der Waals surface area (Å²) < 4.78 is 4.98. The van der Waals surface area contributed by atoms with Gasteiger partial charge in [-0.2, -0.15) is 0 Å². The number of ether oxygens (including phenoxy) is 1. The second kappa shape index (κ2) is 5.46.